The molecular formula is C27H25NO3S. The molecule has 162 valence electrons. The summed E-state index contributed by atoms with van der Waals surface area (Å²) in [7, 11) is 0. The molecule has 0 aromatic heterocycles. The van der Waals surface area contributed by atoms with Gasteiger partial charge in [-0.15, -0.1) is 0 Å². The Labute approximate surface area is 192 Å². The third-order valence-electron chi connectivity index (χ3n) is 5.12. The maximum Gasteiger partial charge on any atom is 0.272 e. The number of anilines is 1. The molecule has 32 heavy (non-hydrogen) atoms. The van der Waals surface area contributed by atoms with E-state index in [0.29, 0.717) is 21.7 Å². The predicted molar refractivity (Wildman–Crippen MR) is 130 cm³/mol. The number of aryl methyl sites for hydroxylation is 2. The average molecular weight is 444 g/mol. The van der Waals surface area contributed by atoms with Crippen LogP contribution in [0.5, 0.6) is 5.75 Å². The zero-order valence-corrected chi connectivity index (χ0v) is 19.4. The second kappa shape index (κ2) is 9.05. The van der Waals surface area contributed by atoms with Crippen LogP contribution in [0.2, 0.25) is 0 Å². The Morgan fingerprint density at radius 3 is 2.19 bits per heavy atom. The van der Waals surface area contributed by atoms with Crippen molar-refractivity contribution in [3.05, 3.63) is 94.4 Å². The number of hydrogen-bond acceptors (Lipinski definition) is 4. The molecule has 3 aromatic rings. The lowest BCUT2D eigenvalue weighted by atomic mass is 10.1. The Kier molecular flexibility index (Phi) is 6.19. The van der Waals surface area contributed by atoms with Gasteiger partial charge in [-0.05, 0) is 74.7 Å². The molecule has 1 aliphatic rings. The SMILES string of the molecule is Cc1ccc(C)c(N2C(=O)C(Sc3ccccc3)=C(c3ccc(OC(C)C)cc3)C2=O)c1. The molecule has 0 saturated carbocycles. The van der Waals surface area contributed by atoms with Crippen LogP contribution in [0.25, 0.3) is 5.57 Å². The lowest BCUT2D eigenvalue weighted by Gasteiger charge is -2.18. The topological polar surface area (TPSA) is 46.6 Å². The summed E-state index contributed by atoms with van der Waals surface area (Å²) in [6, 6.07) is 22.8. The van der Waals surface area contributed by atoms with Crippen LogP contribution in [0, 0.1) is 13.8 Å². The van der Waals surface area contributed by atoms with Gasteiger partial charge in [-0.25, -0.2) is 4.90 Å². The van der Waals surface area contributed by atoms with Crippen molar-refractivity contribution in [2.75, 3.05) is 4.90 Å². The Morgan fingerprint density at radius 1 is 0.844 bits per heavy atom. The Hall–Kier alpha value is -3.31. The van der Waals surface area contributed by atoms with Crippen molar-refractivity contribution in [2.45, 2.75) is 38.7 Å². The van der Waals surface area contributed by atoms with E-state index in [1.807, 2.05) is 100 Å². The molecule has 0 spiro atoms. The fourth-order valence-corrected chi connectivity index (χ4v) is 4.63. The maximum absolute atomic E-state index is 13.6. The van der Waals surface area contributed by atoms with E-state index in [4.69, 9.17) is 4.74 Å². The summed E-state index contributed by atoms with van der Waals surface area (Å²) in [6.07, 6.45) is 0.0544. The van der Waals surface area contributed by atoms with E-state index < -0.39 is 0 Å². The van der Waals surface area contributed by atoms with Crippen LogP contribution in [0.1, 0.15) is 30.5 Å². The minimum atomic E-state index is -0.306. The van der Waals surface area contributed by atoms with E-state index in [-0.39, 0.29) is 17.9 Å². The second-order valence-electron chi connectivity index (χ2n) is 8.05. The summed E-state index contributed by atoms with van der Waals surface area (Å²) in [5.41, 5.74) is 3.61. The molecule has 0 saturated heterocycles. The van der Waals surface area contributed by atoms with Gasteiger partial charge < -0.3 is 4.74 Å². The quantitative estimate of drug-likeness (QED) is 0.428. The van der Waals surface area contributed by atoms with Crippen molar-refractivity contribution in [3.63, 3.8) is 0 Å². The lowest BCUT2D eigenvalue weighted by molar-refractivity contribution is -0.119. The summed E-state index contributed by atoms with van der Waals surface area (Å²) in [5, 5.41) is 0. The molecule has 3 aromatic carbocycles. The van der Waals surface area contributed by atoms with Crippen molar-refractivity contribution >= 4 is 34.8 Å². The van der Waals surface area contributed by atoms with Gasteiger partial charge in [0.1, 0.15) is 5.75 Å². The fraction of sp³-hybridized carbons (Fsp3) is 0.185. The molecule has 0 N–H and O–H groups in total. The number of hydrogen-bond donors (Lipinski definition) is 0. The zero-order chi connectivity index (χ0) is 22.8. The number of thioether (sulfide) groups is 1. The van der Waals surface area contributed by atoms with Gasteiger partial charge in [0.15, 0.2) is 0 Å². The van der Waals surface area contributed by atoms with Crippen molar-refractivity contribution in [3.8, 4) is 5.75 Å². The maximum atomic E-state index is 13.6. The number of amides is 2. The van der Waals surface area contributed by atoms with Crippen molar-refractivity contribution < 1.29 is 14.3 Å². The van der Waals surface area contributed by atoms with Gasteiger partial charge in [0, 0.05) is 4.90 Å². The first-order valence-corrected chi connectivity index (χ1v) is 11.4. The van der Waals surface area contributed by atoms with Crippen LogP contribution in [-0.2, 0) is 9.59 Å². The summed E-state index contributed by atoms with van der Waals surface area (Å²) >= 11 is 1.33. The highest BCUT2D eigenvalue weighted by molar-refractivity contribution is 8.04. The summed E-state index contributed by atoms with van der Waals surface area (Å²) < 4.78 is 5.74. The van der Waals surface area contributed by atoms with Crippen LogP contribution in [0.4, 0.5) is 5.69 Å². The van der Waals surface area contributed by atoms with Crippen LogP contribution < -0.4 is 9.64 Å². The summed E-state index contributed by atoms with van der Waals surface area (Å²) in [5.74, 6) is 0.125. The summed E-state index contributed by atoms with van der Waals surface area (Å²) in [6.45, 7) is 7.79. The van der Waals surface area contributed by atoms with Gasteiger partial charge in [0.05, 0.1) is 22.3 Å². The fourth-order valence-electron chi connectivity index (χ4n) is 3.62. The number of nitrogens with zero attached hydrogens (tertiary/aromatic N) is 1. The molecule has 0 bridgehead atoms. The molecule has 5 heteroatoms. The number of rotatable bonds is 6. The van der Waals surface area contributed by atoms with Crippen LogP contribution in [0.3, 0.4) is 0 Å². The second-order valence-corrected chi connectivity index (χ2v) is 9.13. The standard InChI is InChI=1S/C27H25NO3S/c1-17(2)31-21-14-12-20(13-15-21)24-25(32-22-8-6-5-7-9-22)27(30)28(26(24)29)23-16-18(3)10-11-19(23)4/h5-17H,1-4H3. The van der Waals surface area contributed by atoms with Crippen LogP contribution in [0.15, 0.2) is 82.6 Å². The van der Waals surface area contributed by atoms with Crippen LogP contribution in [-0.4, -0.2) is 17.9 Å². The number of ether oxygens (including phenoxy) is 1. The first-order chi connectivity index (χ1) is 15.3. The highest BCUT2D eigenvalue weighted by Gasteiger charge is 2.41. The molecule has 0 radical (unpaired) electrons. The molecule has 0 unspecified atom stereocenters. The number of imide groups is 1. The van der Waals surface area contributed by atoms with Crippen LogP contribution >= 0.6 is 11.8 Å². The first kappa shape index (κ1) is 21.9. The molecule has 2 amide bonds. The van der Waals surface area contributed by atoms with E-state index in [1.165, 1.54) is 16.7 Å². The molecule has 0 aliphatic carbocycles. The van der Waals surface area contributed by atoms with E-state index in [2.05, 4.69) is 0 Å². The molecule has 1 aliphatic heterocycles. The third kappa shape index (κ3) is 4.34. The van der Waals surface area contributed by atoms with Crippen molar-refractivity contribution in [1.82, 2.24) is 0 Å². The summed E-state index contributed by atoms with van der Waals surface area (Å²) in [4.78, 5) is 29.9. The monoisotopic (exact) mass is 443 g/mol. The minimum absolute atomic E-state index is 0.0544. The lowest BCUT2D eigenvalue weighted by Crippen LogP contribution is -2.32. The van der Waals surface area contributed by atoms with Gasteiger partial charge >= 0.3 is 0 Å². The minimum Gasteiger partial charge on any atom is -0.491 e. The van der Waals surface area contributed by atoms with E-state index in [9.17, 15) is 9.59 Å². The highest BCUT2D eigenvalue weighted by Crippen LogP contribution is 2.42. The highest BCUT2D eigenvalue weighted by atomic mass is 32.2. The van der Waals surface area contributed by atoms with Gasteiger partial charge in [-0.3, -0.25) is 9.59 Å². The van der Waals surface area contributed by atoms with Gasteiger partial charge in [0.2, 0.25) is 0 Å². The molecule has 4 rings (SSSR count). The third-order valence-corrected chi connectivity index (χ3v) is 6.22. The predicted octanol–water partition coefficient (Wildman–Crippen LogP) is 6.17. The zero-order valence-electron chi connectivity index (χ0n) is 18.6. The normalized spacial score (nSPS) is 14.0. The van der Waals surface area contributed by atoms with E-state index >= 15 is 0 Å². The van der Waals surface area contributed by atoms with Crippen molar-refractivity contribution in [2.24, 2.45) is 0 Å². The number of carbonyl (C=O) groups excluding carboxylic acids is 2. The molecule has 0 fully saturated rings. The van der Waals surface area contributed by atoms with Crippen molar-refractivity contribution in [1.29, 1.82) is 0 Å². The number of benzene rings is 3. The smallest absolute Gasteiger partial charge is 0.272 e. The molecule has 1 heterocycles. The van der Waals surface area contributed by atoms with Gasteiger partial charge in [0.25, 0.3) is 11.8 Å². The molecular weight excluding hydrogens is 418 g/mol. The Morgan fingerprint density at radius 2 is 1.53 bits per heavy atom. The Balaban J connectivity index is 1.80. The van der Waals surface area contributed by atoms with E-state index in [0.717, 1.165) is 21.8 Å². The van der Waals surface area contributed by atoms with Gasteiger partial charge in [-0.2, -0.15) is 0 Å². The van der Waals surface area contributed by atoms with E-state index in [1.54, 1.807) is 0 Å². The average Bonchev–Trinajstić information content (AvgIpc) is 3.00. The Bertz CT molecular complexity index is 1200. The van der Waals surface area contributed by atoms with Gasteiger partial charge in [-0.1, -0.05) is 54.2 Å². The first-order valence-electron chi connectivity index (χ1n) is 10.6. The largest absolute Gasteiger partial charge is 0.491 e. The molecule has 0 atom stereocenters. The number of carbonyl (C=O) groups is 2. The molecule has 4 nitrogen and oxygen atoms in total.